The summed E-state index contributed by atoms with van der Waals surface area (Å²) in [6.45, 7) is 9.69. The number of hydrogen-bond acceptors (Lipinski definition) is 4. The molecule has 8 heteroatoms. The predicted octanol–water partition coefficient (Wildman–Crippen LogP) is 4.00. The van der Waals surface area contributed by atoms with E-state index in [0.717, 1.165) is 43.7 Å². The average molecular weight is 383 g/mol. The van der Waals surface area contributed by atoms with Crippen LogP contribution in [0.1, 0.15) is 24.9 Å². The molecule has 1 aromatic carbocycles. The van der Waals surface area contributed by atoms with E-state index in [1.54, 1.807) is 12.1 Å². The summed E-state index contributed by atoms with van der Waals surface area (Å²) < 4.78 is 0. The van der Waals surface area contributed by atoms with Gasteiger partial charge in [0, 0.05) is 38.3 Å². The average Bonchev–Trinajstić information content (AvgIpc) is 2.46. The first kappa shape index (κ1) is 22.1. The van der Waals surface area contributed by atoms with Crippen LogP contribution in [-0.2, 0) is 0 Å². The Bertz CT molecular complexity index is 549. The normalized spacial score (nSPS) is 15.9. The van der Waals surface area contributed by atoms with Crippen LogP contribution >= 0.6 is 36.4 Å². The summed E-state index contributed by atoms with van der Waals surface area (Å²) in [6, 6.07) is 5.20. The molecule has 1 aliphatic rings. The van der Waals surface area contributed by atoms with Gasteiger partial charge in [0.2, 0.25) is 0 Å². The highest BCUT2D eigenvalue weighted by Gasteiger charge is 2.24. The lowest BCUT2D eigenvalue weighted by atomic mass is 9.97. The molecule has 5 nitrogen and oxygen atoms in total. The van der Waals surface area contributed by atoms with Gasteiger partial charge in [-0.15, -0.1) is 31.4 Å². The van der Waals surface area contributed by atoms with Crippen LogP contribution in [-0.4, -0.2) is 36.0 Å². The number of rotatable bonds is 5. The number of nitro groups is 1. The van der Waals surface area contributed by atoms with E-state index >= 15 is 0 Å². The van der Waals surface area contributed by atoms with E-state index in [1.807, 2.05) is 13.0 Å². The third-order valence-corrected chi connectivity index (χ3v) is 4.01. The molecule has 0 aromatic heterocycles. The number of benzene rings is 1. The molecule has 23 heavy (non-hydrogen) atoms. The summed E-state index contributed by atoms with van der Waals surface area (Å²) in [5.74, 6) is 0. The van der Waals surface area contributed by atoms with Crippen molar-refractivity contribution in [3.05, 3.63) is 51.1 Å². The fraction of sp³-hybridized carbons (Fsp3) is 0.467. The van der Waals surface area contributed by atoms with Crippen molar-refractivity contribution in [1.82, 2.24) is 10.2 Å². The van der Waals surface area contributed by atoms with Gasteiger partial charge in [-0.1, -0.05) is 23.2 Å². The molecule has 1 aliphatic heterocycles. The highest BCUT2D eigenvalue weighted by Crippen LogP contribution is 2.33. The summed E-state index contributed by atoms with van der Waals surface area (Å²) in [6.07, 6.45) is 0.790. The number of hydrogen-bond donors (Lipinski definition) is 1. The largest absolute Gasteiger partial charge is 0.314 e. The molecule has 2 rings (SSSR count). The summed E-state index contributed by atoms with van der Waals surface area (Å²) in [5.41, 5.74) is 1.96. The van der Waals surface area contributed by atoms with Crippen molar-refractivity contribution in [1.29, 1.82) is 0 Å². The summed E-state index contributed by atoms with van der Waals surface area (Å²) in [7, 11) is 0. The van der Waals surface area contributed by atoms with E-state index in [9.17, 15) is 10.1 Å². The molecule has 1 saturated heterocycles. The zero-order chi connectivity index (χ0) is 15.4. The second-order valence-corrected chi connectivity index (χ2v) is 5.84. The molecule has 0 amide bonds. The van der Waals surface area contributed by atoms with Crippen LogP contribution in [0.25, 0.3) is 0 Å². The van der Waals surface area contributed by atoms with E-state index in [4.69, 9.17) is 11.6 Å². The maximum atomic E-state index is 11.1. The van der Waals surface area contributed by atoms with Crippen molar-refractivity contribution in [2.45, 2.75) is 19.4 Å². The van der Waals surface area contributed by atoms with Gasteiger partial charge in [0.25, 0.3) is 5.69 Å². The Morgan fingerprint density at radius 2 is 2.04 bits per heavy atom. The second-order valence-electron chi connectivity index (χ2n) is 5.43. The second kappa shape index (κ2) is 10.1. The zero-order valence-corrected chi connectivity index (χ0v) is 15.3. The molecule has 1 heterocycles. The number of piperazine rings is 1. The van der Waals surface area contributed by atoms with Gasteiger partial charge in [0.05, 0.1) is 4.92 Å². The lowest BCUT2D eigenvalue weighted by Crippen LogP contribution is -2.45. The quantitative estimate of drug-likeness (QED) is 0.475. The molecule has 0 bridgehead atoms. The molecule has 0 radical (unpaired) electrons. The first-order chi connectivity index (χ1) is 9.99. The molecule has 0 saturated carbocycles. The molecular formula is C15H22Cl3N3O2. The summed E-state index contributed by atoms with van der Waals surface area (Å²) in [5, 5.41) is 14.6. The molecule has 0 aliphatic carbocycles. The van der Waals surface area contributed by atoms with Crippen molar-refractivity contribution in [3.63, 3.8) is 0 Å². The van der Waals surface area contributed by atoms with Crippen LogP contribution in [0.2, 0.25) is 5.02 Å². The van der Waals surface area contributed by atoms with E-state index in [1.165, 1.54) is 0 Å². The standard InChI is InChI=1S/C15H20ClN3O2.2ClH/c1-11(2)9-14(18-7-5-17-6-8-18)12-3-4-13(16)15(10-12)19(20)21;;/h3-4,10,14,17H,1,5-9H2,2H3;2*1H/t14-;;/m0../s1. The Hall–Kier alpha value is -0.850. The first-order valence-electron chi connectivity index (χ1n) is 7.02. The van der Waals surface area contributed by atoms with Crippen LogP contribution in [0.4, 0.5) is 5.69 Å². The molecule has 0 spiro atoms. The summed E-state index contributed by atoms with van der Waals surface area (Å²) >= 11 is 5.90. The van der Waals surface area contributed by atoms with Gasteiger partial charge in [0.15, 0.2) is 0 Å². The van der Waals surface area contributed by atoms with Gasteiger partial charge in [-0.3, -0.25) is 15.0 Å². The SMILES string of the molecule is C=C(C)C[C@@H](c1ccc(Cl)c([N+](=O)[O-])c1)N1CCNCC1.Cl.Cl. The van der Waals surface area contributed by atoms with Gasteiger partial charge in [-0.2, -0.15) is 0 Å². The van der Waals surface area contributed by atoms with Crippen LogP contribution in [0, 0.1) is 10.1 Å². The zero-order valence-electron chi connectivity index (χ0n) is 13.0. The van der Waals surface area contributed by atoms with Crippen molar-refractivity contribution in [2.24, 2.45) is 0 Å². The molecule has 1 N–H and O–H groups in total. The van der Waals surface area contributed by atoms with Gasteiger partial charge >= 0.3 is 0 Å². The van der Waals surface area contributed by atoms with Gasteiger partial charge in [0.1, 0.15) is 5.02 Å². The Labute approximate surface area is 154 Å². The van der Waals surface area contributed by atoms with E-state index < -0.39 is 4.92 Å². The van der Waals surface area contributed by atoms with Crippen molar-refractivity contribution in [3.8, 4) is 0 Å². The van der Waals surface area contributed by atoms with Crippen molar-refractivity contribution in [2.75, 3.05) is 26.2 Å². The molecular weight excluding hydrogens is 361 g/mol. The molecule has 1 atom stereocenters. The lowest BCUT2D eigenvalue weighted by molar-refractivity contribution is -0.384. The first-order valence-corrected chi connectivity index (χ1v) is 7.40. The molecule has 0 unspecified atom stereocenters. The van der Waals surface area contributed by atoms with E-state index in [2.05, 4.69) is 16.8 Å². The van der Waals surface area contributed by atoms with E-state index in [-0.39, 0.29) is 41.6 Å². The minimum atomic E-state index is -0.429. The van der Waals surface area contributed by atoms with Crippen molar-refractivity contribution >= 4 is 42.1 Å². The van der Waals surface area contributed by atoms with Crippen LogP contribution in [0.15, 0.2) is 30.4 Å². The smallest absolute Gasteiger partial charge is 0.288 e. The predicted molar refractivity (Wildman–Crippen MR) is 99.2 cm³/mol. The molecule has 1 fully saturated rings. The van der Waals surface area contributed by atoms with Crippen LogP contribution < -0.4 is 5.32 Å². The summed E-state index contributed by atoms with van der Waals surface area (Å²) in [4.78, 5) is 13.0. The fourth-order valence-electron chi connectivity index (χ4n) is 2.66. The van der Waals surface area contributed by atoms with Gasteiger partial charge < -0.3 is 5.32 Å². The number of nitro benzene ring substituents is 1. The monoisotopic (exact) mass is 381 g/mol. The Morgan fingerprint density at radius 3 is 2.57 bits per heavy atom. The van der Waals surface area contributed by atoms with Crippen LogP contribution in [0.3, 0.4) is 0 Å². The third-order valence-electron chi connectivity index (χ3n) is 3.69. The maximum Gasteiger partial charge on any atom is 0.288 e. The van der Waals surface area contributed by atoms with Gasteiger partial charge in [-0.05, 0) is 25.0 Å². The van der Waals surface area contributed by atoms with E-state index in [0.29, 0.717) is 0 Å². The molecule has 1 aromatic rings. The number of nitrogens with zero attached hydrogens (tertiary/aromatic N) is 2. The number of nitrogens with one attached hydrogen (secondary N) is 1. The highest BCUT2D eigenvalue weighted by molar-refractivity contribution is 6.32. The Kier molecular flexibility index (Phi) is 9.73. The highest BCUT2D eigenvalue weighted by atomic mass is 35.5. The van der Waals surface area contributed by atoms with Gasteiger partial charge in [-0.25, -0.2) is 0 Å². The lowest BCUT2D eigenvalue weighted by Gasteiger charge is -2.35. The number of halogens is 3. The minimum Gasteiger partial charge on any atom is -0.314 e. The Morgan fingerprint density at radius 1 is 1.43 bits per heavy atom. The Balaban J connectivity index is 0.00000242. The fourth-order valence-corrected chi connectivity index (χ4v) is 2.85. The van der Waals surface area contributed by atoms with Crippen molar-refractivity contribution < 1.29 is 4.92 Å². The minimum absolute atomic E-state index is 0. The third kappa shape index (κ3) is 5.94. The topological polar surface area (TPSA) is 58.4 Å². The van der Waals surface area contributed by atoms with Crippen LogP contribution in [0.5, 0.6) is 0 Å². The molecule has 130 valence electrons. The maximum absolute atomic E-state index is 11.1.